The molecule has 4 aliphatic rings. The van der Waals surface area contributed by atoms with Crippen molar-refractivity contribution in [3.8, 4) is 0 Å². The Morgan fingerprint density at radius 2 is 1.44 bits per heavy atom. The van der Waals surface area contributed by atoms with Gasteiger partial charge in [0.15, 0.2) is 0 Å². The van der Waals surface area contributed by atoms with E-state index in [9.17, 15) is 4.79 Å². The molecular weight excluding hydrogens is 264 g/mol. The maximum absolute atomic E-state index is 12.0. The molecule has 0 aromatic rings. The standard InChI is InChI=1S/C12H17BrO.C2H6/c13-7-11(14)12-4-8-1-9(5-12)3-10(2-8)6-12;1-2/h8-10H,1-7H2;1-2H3. The van der Waals surface area contributed by atoms with Crippen LogP contribution < -0.4 is 0 Å². The lowest BCUT2D eigenvalue weighted by Crippen LogP contribution is -2.50. The summed E-state index contributed by atoms with van der Waals surface area (Å²) in [5.41, 5.74) is 0.123. The van der Waals surface area contributed by atoms with Crippen LogP contribution >= 0.6 is 15.9 Å². The van der Waals surface area contributed by atoms with E-state index in [1.165, 1.54) is 38.5 Å². The SMILES string of the molecule is CC.O=C(CBr)C12CC3CC(CC(C3)C1)C2. The molecule has 16 heavy (non-hydrogen) atoms. The van der Waals surface area contributed by atoms with Crippen LogP contribution in [0.1, 0.15) is 52.4 Å². The molecule has 1 nitrogen and oxygen atoms in total. The van der Waals surface area contributed by atoms with Crippen LogP contribution in [0.25, 0.3) is 0 Å². The fraction of sp³-hybridized carbons (Fsp3) is 0.929. The molecule has 0 radical (unpaired) electrons. The lowest BCUT2D eigenvalue weighted by Gasteiger charge is -2.55. The summed E-state index contributed by atoms with van der Waals surface area (Å²) in [6, 6.07) is 0. The Labute approximate surface area is 108 Å². The van der Waals surface area contributed by atoms with Gasteiger partial charge in [0.2, 0.25) is 0 Å². The van der Waals surface area contributed by atoms with Crippen LogP contribution in [0.15, 0.2) is 0 Å². The lowest BCUT2D eigenvalue weighted by atomic mass is 9.48. The number of carbonyl (C=O) groups is 1. The van der Waals surface area contributed by atoms with Crippen LogP contribution in [0.4, 0.5) is 0 Å². The van der Waals surface area contributed by atoms with Gasteiger partial charge < -0.3 is 0 Å². The highest BCUT2D eigenvalue weighted by Gasteiger charge is 2.53. The lowest BCUT2D eigenvalue weighted by molar-refractivity contribution is -0.140. The molecule has 0 N–H and O–H groups in total. The number of Topliss-reactive ketones (excluding diaryl/α,β-unsaturated/α-hetero) is 1. The zero-order valence-corrected chi connectivity index (χ0v) is 12.1. The van der Waals surface area contributed by atoms with Crippen LogP contribution in [-0.4, -0.2) is 11.1 Å². The Morgan fingerprint density at radius 3 is 1.75 bits per heavy atom. The molecule has 2 heteroatoms. The molecule has 0 saturated heterocycles. The topological polar surface area (TPSA) is 17.1 Å². The first-order valence-electron chi connectivity index (χ1n) is 6.81. The van der Waals surface area contributed by atoms with Crippen molar-refractivity contribution >= 4 is 21.7 Å². The van der Waals surface area contributed by atoms with Gasteiger partial charge in [0.1, 0.15) is 5.78 Å². The molecule has 4 rings (SSSR count). The molecule has 0 aromatic heterocycles. The molecular formula is C14H23BrO. The van der Waals surface area contributed by atoms with Gasteiger partial charge in [-0.25, -0.2) is 0 Å². The highest BCUT2D eigenvalue weighted by Crippen LogP contribution is 2.60. The van der Waals surface area contributed by atoms with E-state index >= 15 is 0 Å². The largest absolute Gasteiger partial charge is 0.298 e. The summed E-state index contributed by atoms with van der Waals surface area (Å²) in [5.74, 6) is 3.18. The van der Waals surface area contributed by atoms with Crippen LogP contribution in [0, 0.1) is 23.2 Å². The van der Waals surface area contributed by atoms with Gasteiger partial charge in [-0.05, 0) is 56.3 Å². The third-order valence-electron chi connectivity index (χ3n) is 4.75. The smallest absolute Gasteiger partial charge is 0.149 e. The van der Waals surface area contributed by atoms with Crippen molar-refractivity contribution in [2.45, 2.75) is 52.4 Å². The molecule has 0 spiro atoms. The van der Waals surface area contributed by atoms with Crippen molar-refractivity contribution in [2.75, 3.05) is 5.33 Å². The van der Waals surface area contributed by atoms with Gasteiger partial charge in [0.05, 0.1) is 5.33 Å². The van der Waals surface area contributed by atoms with E-state index in [0.29, 0.717) is 11.1 Å². The Bertz CT molecular complexity index is 237. The fourth-order valence-corrected chi connectivity index (χ4v) is 5.19. The summed E-state index contributed by atoms with van der Waals surface area (Å²) in [4.78, 5) is 12.0. The van der Waals surface area contributed by atoms with Gasteiger partial charge in [-0.15, -0.1) is 0 Å². The van der Waals surface area contributed by atoms with Crippen molar-refractivity contribution in [2.24, 2.45) is 23.2 Å². The number of hydrogen-bond donors (Lipinski definition) is 0. The molecule has 0 heterocycles. The summed E-state index contributed by atoms with van der Waals surface area (Å²) in [6.45, 7) is 4.00. The average Bonchev–Trinajstić information content (AvgIpc) is 2.29. The zero-order chi connectivity index (χ0) is 11.8. The van der Waals surface area contributed by atoms with E-state index in [4.69, 9.17) is 0 Å². The Hall–Kier alpha value is 0.150. The molecule has 0 atom stereocenters. The molecule has 0 aromatic carbocycles. The molecule has 4 fully saturated rings. The first-order valence-corrected chi connectivity index (χ1v) is 7.93. The number of carbonyl (C=O) groups excluding carboxylic acids is 1. The van der Waals surface area contributed by atoms with Crippen molar-refractivity contribution in [1.82, 2.24) is 0 Å². The summed E-state index contributed by atoms with van der Waals surface area (Å²) >= 11 is 3.36. The zero-order valence-electron chi connectivity index (χ0n) is 10.5. The maximum Gasteiger partial charge on any atom is 0.149 e. The van der Waals surface area contributed by atoms with Gasteiger partial charge in [-0.1, -0.05) is 29.8 Å². The van der Waals surface area contributed by atoms with E-state index in [2.05, 4.69) is 15.9 Å². The first-order chi connectivity index (χ1) is 7.72. The van der Waals surface area contributed by atoms with Gasteiger partial charge in [-0.2, -0.15) is 0 Å². The molecule has 0 unspecified atom stereocenters. The third kappa shape index (κ3) is 1.98. The van der Waals surface area contributed by atoms with Gasteiger partial charge in [0.25, 0.3) is 0 Å². The second kappa shape index (κ2) is 4.80. The predicted molar refractivity (Wildman–Crippen MR) is 70.8 cm³/mol. The van der Waals surface area contributed by atoms with Crippen LogP contribution in [0.3, 0.4) is 0 Å². The Kier molecular flexibility index (Phi) is 3.78. The highest BCUT2D eigenvalue weighted by atomic mass is 79.9. The van der Waals surface area contributed by atoms with Crippen molar-refractivity contribution < 1.29 is 4.79 Å². The fourth-order valence-electron chi connectivity index (χ4n) is 4.59. The Balaban J connectivity index is 0.000000457. The van der Waals surface area contributed by atoms with E-state index < -0.39 is 0 Å². The summed E-state index contributed by atoms with van der Waals surface area (Å²) < 4.78 is 0. The van der Waals surface area contributed by atoms with Crippen LogP contribution in [0.2, 0.25) is 0 Å². The second-order valence-electron chi connectivity index (χ2n) is 5.75. The second-order valence-corrected chi connectivity index (χ2v) is 6.32. The normalized spacial score (nSPS) is 43.8. The van der Waals surface area contributed by atoms with Crippen LogP contribution in [0.5, 0.6) is 0 Å². The minimum atomic E-state index is 0.123. The van der Waals surface area contributed by atoms with E-state index in [1.807, 2.05) is 13.8 Å². The molecule has 4 aliphatic carbocycles. The minimum absolute atomic E-state index is 0.123. The average molecular weight is 287 g/mol. The van der Waals surface area contributed by atoms with Gasteiger partial charge in [-0.3, -0.25) is 4.79 Å². The first kappa shape index (κ1) is 12.6. The number of rotatable bonds is 2. The molecule has 4 saturated carbocycles. The van der Waals surface area contributed by atoms with Crippen molar-refractivity contribution in [3.05, 3.63) is 0 Å². The highest BCUT2D eigenvalue weighted by molar-refractivity contribution is 9.09. The van der Waals surface area contributed by atoms with E-state index in [-0.39, 0.29) is 5.41 Å². The summed E-state index contributed by atoms with van der Waals surface area (Å²) in [6.07, 6.45) is 7.91. The summed E-state index contributed by atoms with van der Waals surface area (Å²) in [5, 5.41) is 0.582. The van der Waals surface area contributed by atoms with Crippen molar-refractivity contribution in [3.63, 3.8) is 0 Å². The minimum Gasteiger partial charge on any atom is -0.298 e. The molecule has 92 valence electrons. The quantitative estimate of drug-likeness (QED) is 0.696. The number of halogens is 1. The van der Waals surface area contributed by atoms with Gasteiger partial charge >= 0.3 is 0 Å². The van der Waals surface area contributed by atoms with Crippen LogP contribution in [-0.2, 0) is 4.79 Å². The molecule has 4 bridgehead atoms. The summed E-state index contributed by atoms with van der Waals surface area (Å²) in [7, 11) is 0. The van der Waals surface area contributed by atoms with E-state index in [1.54, 1.807) is 0 Å². The maximum atomic E-state index is 12.0. The Morgan fingerprint density at radius 1 is 1.06 bits per heavy atom. The molecule has 0 aliphatic heterocycles. The van der Waals surface area contributed by atoms with E-state index in [0.717, 1.165) is 17.8 Å². The number of alkyl halides is 1. The number of hydrogen-bond acceptors (Lipinski definition) is 1. The van der Waals surface area contributed by atoms with Crippen molar-refractivity contribution in [1.29, 1.82) is 0 Å². The number of ketones is 1. The monoisotopic (exact) mass is 286 g/mol. The van der Waals surface area contributed by atoms with Gasteiger partial charge in [0, 0.05) is 5.41 Å². The third-order valence-corrected chi connectivity index (χ3v) is 5.26. The predicted octanol–water partition coefficient (Wildman–Crippen LogP) is 4.19. The molecule has 0 amide bonds.